The third kappa shape index (κ3) is 5.35. The van der Waals surface area contributed by atoms with Crippen molar-refractivity contribution in [2.45, 2.75) is 6.42 Å². The maximum atomic E-state index is 10.4. The van der Waals surface area contributed by atoms with Crippen molar-refractivity contribution in [2.24, 2.45) is 0 Å². The van der Waals surface area contributed by atoms with E-state index < -0.39 is 12.5 Å². The van der Waals surface area contributed by atoms with Crippen LogP contribution >= 0.6 is 0 Å². The molecule has 0 bridgehead atoms. The fourth-order valence-corrected chi connectivity index (χ4v) is 0.462. The van der Waals surface area contributed by atoms with E-state index >= 15 is 0 Å². The lowest BCUT2D eigenvalue weighted by Crippen LogP contribution is -2.28. The number of aliphatic hydroxyl groups excluding tert-OH is 1. The molecule has 0 aromatic rings. The maximum Gasteiger partial charge on any atom is 0.307 e. The summed E-state index contributed by atoms with van der Waals surface area (Å²) in [6, 6.07) is 0. The summed E-state index contributed by atoms with van der Waals surface area (Å²) >= 11 is 0. The fourth-order valence-electron chi connectivity index (χ4n) is 0.462. The van der Waals surface area contributed by atoms with Gasteiger partial charge < -0.3 is 15.2 Å². The Balaban J connectivity index is 3.27. The van der Waals surface area contributed by atoms with Gasteiger partial charge in [-0.05, 0) is 0 Å². The van der Waals surface area contributed by atoms with E-state index in [1.807, 2.05) is 0 Å². The fraction of sp³-hybridized carbons (Fsp3) is 0.667. The lowest BCUT2D eigenvalue weighted by molar-refractivity contribution is -0.140. The number of amides is 1. The van der Waals surface area contributed by atoms with E-state index in [4.69, 9.17) is 5.11 Å². The molecule has 11 heavy (non-hydrogen) atoms. The summed E-state index contributed by atoms with van der Waals surface area (Å²) in [5, 5.41) is 10.5. The summed E-state index contributed by atoms with van der Waals surface area (Å²) < 4.78 is 4.31. The summed E-state index contributed by atoms with van der Waals surface area (Å²) in [5.41, 5.74) is 0. The van der Waals surface area contributed by atoms with Gasteiger partial charge in [0.2, 0.25) is 5.91 Å². The highest BCUT2D eigenvalue weighted by Gasteiger charge is 2.01. The average Bonchev–Trinajstić information content (AvgIpc) is 2.04. The van der Waals surface area contributed by atoms with Crippen molar-refractivity contribution >= 4 is 11.9 Å². The Hall–Kier alpha value is -1.10. The average molecular weight is 161 g/mol. The van der Waals surface area contributed by atoms with Gasteiger partial charge in [0.25, 0.3) is 0 Å². The van der Waals surface area contributed by atoms with E-state index in [0.29, 0.717) is 0 Å². The minimum atomic E-state index is -0.554. The van der Waals surface area contributed by atoms with Crippen molar-refractivity contribution in [3.63, 3.8) is 0 Å². The van der Waals surface area contributed by atoms with Crippen molar-refractivity contribution < 1.29 is 19.4 Å². The van der Waals surface area contributed by atoms with Crippen LogP contribution < -0.4 is 5.32 Å². The SMILES string of the molecule is COC(=O)CCNC(=O)CO. The molecule has 5 nitrogen and oxygen atoms in total. The van der Waals surface area contributed by atoms with Crippen LogP contribution in [-0.4, -0.2) is 37.2 Å². The van der Waals surface area contributed by atoms with Gasteiger partial charge >= 0.3 is 5.97 Å². The van der Waals surface area contributed by atoms with Gasteiger partial charge in [-0.25, -0.2) is 0 Å². The van der Waals surface area contributed by atoms with Gasteiger partial charge in [0.1, 0.15) is 6.61 Å². The third-order valence-electron chi connectivity index (χ3n) is 1.02. The number of hydrogen-bond acceptors (Lipinski definition) is 4. The van der Waals surface area contributed by atoms with Crippen LogP contribution in [0.3, 0.4) is 0 Å². The van der Waals surface area contributed by atoms with Gasteiger partial charge in [-0.1, -0.05) is 0 Å². The van der Waals surface area contributed by atoms with Crippen molar-refractivity contribution in [3.05, 3.63) is 0 Å². The summed E-state index contributed by atoms with van der Waals surface area (Å²) in [7, 11) is 1.27. The molecule has 1 amide bonds. The second kappa shape index (κ2) is 5.67. The number of nitrogens with one attached hydrogen (secondary N) is 1. The highest BCUT2D eigenvalue weighted by Crippen LogP contribution is 1.80. The lowest BCUT2D eigenvalue weighted by atomic mass is 10.4. The molecular formula is C6H11NO4. The number of aliphatic hydroxyl groups is 1. The second-order valence-corrected chi connectivity index (χ2v) is 1.83. The lowest BCUT2D eigenvalue weighted by Gasteiger charge is -2.00. The summed E-state index contributed by atoms with van der Waals surface area (Å²) in [6.07, 6.45) is 0.127. The Morgan fingerprint density at radius 2 is 2.18 bits per heavy atom. The maximum absolute atomic E-state index is 10.4. The molecule has 0 saturated heterocycles. The van der Waals surface area contributed by atoms with Crippen LogP contribution in [0.15, 0.2) is 0 Å². The first-order valence-corrected chi connectivity index (χ1v) is 3.15. The van der Waals surface area contributed by atoms with Crippen LogP contribution in [0.25, 0.3) is 0 Å². The number of esters is 1. The molecule has 0 unspecified atom stereocenters. The van der Waals surface area contributed by atoms with E-state index in [0.717, 1.165) is 0 Å². The number of methoxy groups -OCH3 is 1. The van der Waals surface area contributed by atoms with Crippen molar-refractivity contribution in [2.75, 3.05) is 20.3 Å². The summed E-state index contributed by atoms with van der Waals surface area (Å²) in [5.74, 6) is -0.878. The van der Waals surface area contributed by atoms with E-state index in [1.54, 1.807) is 0 Å². The van der Waals surface area contributed by atoms with Gasteiger partial charge in [0, 0.05) is 6.54 Å². The smallest absolute Gasteiger partial charge is 0.307 e. The topological polar surface area (TPSA) is 75.6 Å². The van der Waals surface area contributed by atoms with Crippen LogP contribution in [-0.2, 0) is 14.3 Å². The molecule has 0 atom stereocenters. The molecule has 2 N–H and O–H groups in total. The minimum absolute atomic E-state index is 0.127. The van der Waals surface area contributed by atoms with Crippen LogP contribution in [0.5, 0.6) is 0 Å². The molecule has 0 aliphatic heterocycles. The van der Waals surface area contributed by atoms with Gasteiger partial charge in [0.05, 0.1) is 13.5 Å². The Bertz CT molecular complexity index is 130. The van der Waals surface area contributed by atoms with Crippen LogP contribution in [0, 0.1) is 0 Å². The molecule has 0 radical (unpaired) electrons. The quantitative estimate of drug-likeness (QED) is 0.500. The zero-order chi connectivity index (χ0) is 8.69. The van der Waals surface area contributed by atoms with Crippen molar-refractivity contribution in [1.29, 1.82) is 0 Å². The molecule has 0 aromatic carbocycles. The van der Waals surface area contributed by atoms with Crippen molar-refractivity contribution in [1.82, 2.24) is 5.32 Å². The Labute approximate surface area is 64.3 Å². The molecule has 0 aromatic heterocycles. The summed E-state index contributed by atoms with van der Waals surface area (Å²) in [6.45, 7) is -0.354. The zero-order valence-corrected chi connectivity index (χ0v) is 6.29. The number of carbonyl (C=O) groups is 2. The molecule has 0 saturated carbocycles. The molecule has 0 aliphatic rings. The largest absolute Gasteiger partial charge is 0.469 e. The molecule has 5 heteroatoms. The van der Waals surface area contributed by atoms with E-state index in [1.165, 1.54) is 7.11 Å². The highest BCUT2D eigenvalue weighted by atomic mass is 16.5. The molecule has 0 rings (SSSR count). The first kappa shape index (κ1) is 9.90. The van der Waals surface area contributed by atoms with Crippen molar-refractivity contribution in [3.8, 4) is 0 Å². The molecule has 64 valence electrons. The van der Waals surface area contributed by atoms with Crippen LogP contribution in [0.2, 0.25) is 0 Å². The molecule has 0 fully saturated rings. The normalized spacial score (nSPS) is 8.91. The Morgan fingerprint density at radius 3 is 2.64 bits per heavy atom. The standard InChI is InChI=1S/C6H11NO4/c1-11-6(10)2-3-7-5(9)4-8/h8H,2-4H2,1H3,(H,7,9). The number of rotatable bonds is 4. The predicted octanol–water partition coefficient (Wildman–Crippen LogP) is -1.34. The van der Waals surface area contributed by atoms with Gasteiger partial charge in [-0.2, -0.15) is 0 Å². The Kier molecular flexibility index (Phi) is 5.10. The molecule has 0 heterocycles. The summed E-state index contributed by atoms with van der Waals surface area (Å²) in [4.78, 5) is 20.8. The van der Waals surface area contributed by atoms with Gasteiger partial charge in [-0.15, -0.1) is 0 Å². The second-order valence-electron chi connectivity index (χ2n) is 1.83. The number of hydrogen-bond donors (Lipinski definition) is 2. The molecule has 0 spiro atoms. The first-order valence-electron chi connectivity index (χ1n) is 3.15. The zero-order valence-electron chi connectivity index (χ0n) is 6.29. The van der Waals surface area contributed by atoms with E-state index in [2.05, 4.69) is 10.1 Å². The molecule has 0 aliphatic carbocycles. The molecular weight excluding hydrogens is 150 g/mol. The predicted molar refractivity (Wildman–Crippen MR) is 36.7 cm³/mol. The number of carbonyl (C=O) groups excluding carboxylic acids is 2. The van der Waals surface area contributed by atoms with Gasteiger partial charge in [0.15, 0.2) is 0 Å². The minimum Gasteiger partial charge on any atom is -0.469 e. The van der Waals surface area contributed by atoms with E-state index in [-0.39, 0.29) is 18.9 Å². The first-order chi connectivity index (χ1) is 5.20. The number of ether oxygens (including phenoxy) is 1. The Morgan fingerprint density at radius 1 is 1.55 bits per heavy atom. The highest BCUT2D eigenvalue weighted by molar-refractivity contribution is 5.77. The van der Waals surface area contributed by atoms with E-state index in [9.17, 15) is 9.59 Å². The third-order valence-corrected chi connectivity index (χ3v) is 1.02. The van der Waals surface area contributed by atoms with Crippen LogP contribution in [0.4, 0.5) is 0 Å². The van der Waals surface area contributed by atoms with Gasteiger partial charge in [-0.3, -0.25) is 9.59 Å². The monoisotopic (exact) mass is 161 g/mol. The van der Waals surface area contributed by atoms with Crippen LogP contribution in [0.1, 0.15) is 6.42 Å².